The van der Waals surface area contributed by atoms with Gasteiger partial charge in [0, 0.05) is 54.6 Å². The molecule has 156 valence electrons. The molecule has 0 spiro atoms. The highest BCUT2D eigenvalue weighted by Crippen LogP contribution is 2.23. The molecule has 30 heavy (non-hydrogen) atoms. The fraction of sp³-hybridized carbons (Fsp3) is 0.320. The highest BCUT2D eigenvalue weighted by atomic mass is 32.2. The highest BCUT2D eigenvalue weighted by Gasteiger charge is 2.14. The van der Waals surface area contributed by atoms with Gasteiger partial charge >= 0.3 is 0 Å². The third kappa shape index (κ3) is 5.35. The molecule has 1 aliphatic rings. The topological polar surface area (TPSA) is 48.1 Å². The van der Waals surface area contributed by atoms with Crippen molar-refractivity contribution < 1.29 is 4.79 Å². The molecule has 4 nitrogen and oxygen atoms in total. The van der Waals surface area contributed by atoms with Gasteiger partial charge in [-0.1, -0.05) is 42.5 Å². The average Bonchev–Trinajstić information content (AvgIpc) is 3.26. The van der Waals surface area contributed by atoms with Gasteiger partial charge in [0.2, 0.25) is 5.91 Å². The van der Waals surface area contributed by atoms with Crippen molar-refractivity contribution in [3.63, 3.8) is 0 Å². The van der Waals surface area contributed by atoms with E-state index in [9.17, 15) is 4.79 Å². The van der Waals surface area contributed by atoms with E-state index in [1.165, 1.54) is 22.6 Å². The Balaban J connectivity index is 1.33. The maximum atomic E-state index is 12.6. The summed E-state index contributed by atoms with van der Waals surface area (Å²) in [4.78, 5) is 18.5. The van der Waals surface area contributed by atoms with Gasteiger partial charge in [0.15, 0.2) is 0 Å². The molecule has 0 aliphatic carbocycles. The van der Waals surface area contributed by atoms with Crippen molar-refractivity contribution in [2.75, 3.05) is 29.9 Å². The number of anilines is 1. The van der Waals surface area contributed by atoms with Crippen molar-refractivity contribution in [3.05, 3.63) is 77.5 Å². The molecule has 1 saturated heterocycles. The molecule has 0 unspecified atom stereocenters. The lowest BCUT2D eigenvalue weighted by Gasteiger charge is -2.27. The molecule has 0 atom stereocenters. The van der Waals surface area contributed by atoms with Crippen molar-refractivity contribution in [1.29, 1.82) is 0 Å². The molecule has 1 amide bonds. The second kappa shape index (κ2) is 10.0. The summed E-state index contributed by atoms with van der Waals surface area (Å²) in [6.45, 7) is 5.35. The van der Waals surface area contributed by atoms with E-state index in [-0.39, 0.29) is 5.91 Å². The summed E-state index contributed by atoms with van der Waals surface area (Å²) in [5.74, 6) is 2.47. The average molecular weight is 420 g/mol. The van der Waals surface area contributed by atoms with Crippen LogP contribution in [0.5, 0.6) is 0 Å². The Labute approximate surface area is 183 Å². The zero-order valence-corrected chi connectivity index (χ0v) is 18.3. The Kier molecular flexibility index (Phi) is 6.92. The van der Waals surface area contributed by atoms with Crippen molar-refractivity contribution in [3.8, 4) is 11.3 Å². The van der Waals surface area contributed by atoms with E-state index in [0.717, 1.165) is 42.3 Å². The standard InChI is InChI=1S/C25H29N3OS/c1-19-21(18-28-14-16-30-17-15-28)8-5-9-23(19)27-25(29)13-11-22-10-12-24(26-22)20-6-3-2-4-7-20/h2-10,12,26H,11,13-18H2,1H3,(H,27,29). The molecule has 0 bridgehead atoms. The molecule has 1 fully saturated rings. The Bertz CT molecular complexity index is 977. The molecular weight excluding hydrogens is 390 g/mol. The number of carbonyl (C=O) groups is 1. The van der Waals surface area contributed by atoms with Crippen LogP contribution in [-0.4, -0.2) is 40.4 Å². The number of benzene rings is 2. The van der Waals surface area contributed by atoms with Crippen molar-refractivity contribution in [2.24, 2.45) is 0 Å². The smallest absolute Gasteiger partial charge is 0.224 e. The third-order valence-corrected chi connectivity index (χ3v) is 6.61. The van der Waals surface area contributed by atoms with Gasteiger partial charge in [0.25, 0.3) is 0 Å². The summed E-state index contributed by atoms with van der Waals surface area (Å²) in [5.41, 5.74) is 6.74. The quantitative estimate of drug-likeness (QED) is 0.559. The van der Waals surface area contributed by atoms with Gasteiger partial charge in [-0.3, -0.25) is 9.69 Å². The SMILES string of the molecule is Cc1c(CN2CCSCC2)cccc1NC(=O)CCc1ccc(-c2ccccc2)[nH]1. The molecule has 2 N–H and O–H groups in total. The number of aromatic amines is 1. The number of thioether (sulfide) groups is 1. The summed E-state index contributed by atoms with van der Waals surface area (Å²) < 4.78 is 0. The number of nitrogens with zero attached hydrogens (tertiary/aromatic N) is 1. The van der Waals surface area contributed by atoms with Crippen LogP contribution < -0.4 is 5.32 Å². The largest absolute Gasteiger partial charge is 0.358 e. The van der Waals surface area contributed by atoms with Crippen LogP contribution in [-0.2, 0) is 17.8 Å². The molecule has 1 aromatic heterocycles. The van der Waals surface area contributed by atoms with Crippen molar-refractivity contribution in [1.82, 2.24) is 9.88 Å². The van der Waals surface area contributed by atoms with Gasteiger partial charge in [0.1, 0.15) is 0 Å². The van der Waals surface area contributed by atoms with E-state index < -0.39 is 0 Å². The van der Waals surface area contributed by atoms with Gasteiger partial charge in [-0.25, -0.2) is 0 Å². The van der Waals surface area contributed by atoms with Crippen LogP contribution in [0.4, 0.5) is 5.69 Å². The van der Waals surface area contributed by atoms with Gasteiger partial charge in [0.05, 0.1) is 0 Å². The lowest BCUT2D eigenvalue weighted by molar-refractivity contribution is -0.116. The molecule has 4 rings (SSSR count). The maximum absolute atomic E-state index is 12.6. The summed E-state index contributed by atoms with van der Waals surface area (Å²) in [5, 5.41) is 3.12. The minimum absolute atomic E-state index is 0.0560. The zero-order chi connectivity index (χ0) is 20.8. The first-order valence-electron chi connectivity index (χ1n) is 10.6. The molecule has 3 aromatic rings. The number of hydrogen-bond donors (Lipinski definition) is 2. The number of H-pyrrole nitrogens is 1. The second-order valence-electron chi connectivity index (χ2n) is 7.79. The summed E-state index contributed by atoms with van der Waals surface area (Å²) in [6.07, 6.45) is 1.16. The molecule has 2 aromatic carbocycles. The lowest BCUT2D eigenvalue weighted by Crippen LogP contribution is -2.32. The van der Waals surface area contributed by atoms with E-state index in [1.54, 1.807) is 0 Å². The van der Waals surface area contributed by atoms with Crippen LogP contribution in [0.1, 0.15) is 23.2 Å². The number of hydrogen-bond acceptors (Lipinski definition) is 3. The van der Waals surface area contributed by atoms with E-state index in [2.05, 4.69) is 52.5 Å². The summed E-state index contributed by atoms with van der Waals surface area (Å²) >= 11 is 2.03. The fourth-order valence-corrected chi connectivity index (χ4v) is 4.80. The van der Waals surface area contributed by atoms with Crippen LogP contribution in [0.2, 0.25) is 0 Å². The first kappa shape index (κ1) is 20.8. The van der Waals surface area contributed by atoms with Crippen LogP contribution in [0.15, 0.2) is 60.7 Å². The number of rotatable bonds is 7. The summed E-state index contributed by atoms with van der Waals surface area (Å²) in [7, 11) is 0. The Morgan fingerprint density at radius 3 is 2.63 bits per heavy atom. The lowest BCUT2D eigenvalue weighted by atomic mass is 10.1. The number of aryl methyl sites for hydroxylation is 1. The van der Waals surface area contributed by atoms with E-state index in [1.807, 2.05) is 42.1 Å². The van der Waals surface area contributed by atoms with Crippen molar-refractivity contribution >= 4 is 23.4 Å². The number of amides is 1. The second-order valence-corrected chi connectivity index (χ2v) is 9.01. The molecular formula is C25H29N3OS. The van der Waals surface area contributed by atoms with Crippen LogP contribution >= 0.6 is 11.8 Å². The molecule has 2 heterocycles. The molecule has 0 saturated carbocycles. The number of nitrogens with one attached hydrogen (secondary N) is 2. The number of carbonyl (C=O) groups excluding carboxylic acids is 1. The third-order valence-electron chi connectivity index (χ3n) is 5.67. The first-order valence-corrected chi connectivity index (χ1v) is 11.8. The van der Waals surface area contributed by atoms with E-state index in [4.69, 9.17) is 0 Å². The van der Waals surface area contributed by atoms with Gasteiger partial charge < -0.3 is 10.3 Å². The Morgan fingerprint density at radius 1 is 1.03 bits per heavy atom. The van der Waals surface area contributed by atoms with Gasteiger partial charge in [-0.15, -0.1) is 0 Å². The summed E-state index contributed by atoms with van der Waals surface area (Å²) in [6, 6.07) is 20.6. The van der Waals surface area contributed by atoms with E-state index in [0.29, 0.717) is 12.8 Å². The van der Waals surface area contributed by atoms with Gasteiger partial charge in [-0.2, -0.15) is 11.8 Å². The monoisotopic (exact) mass is 419 g/mol. The van der Waals surface area contributed by atoms with Crippen LogP contribution in [0.3, 0.4) is 0 Å². The van der Waals surface area contributed by atoms with Crippen LogP contribution in [0.25, 0.3) is 11.3 Å². The molecule has 0 radical (unpaired) electrons. The minimum Gasteiger partial charge on any atom is -0.358 e. The maximum Gasteiger partial charge on any atom is 0.224 e. The fourth-order valence-electron chi connectivity index (χ4n) is 3.82. The first-order chi connectivity index (χ1) is 14.7. The number of aromatic nitrogens is 1. The highest BCUT2D eigenvalue weighted by molar-refractivity contribution is 7.99. The normalized spacial score (nSPS) is 14.6. The predicted molar refractivity (Wildman–Crippen MR) is 127 cm³/mol. The van der Waals surface area contributed by atoms with E-state index >= 15 is 0 Å². The van der Waals surface area contributed by atoms with Gasteiger partial charge in [-0.05, 0) is 48.2 Å². The van der Waals surface area contributed by atoms with Crippen LogP contribution in [0, 0.1) is 6.92 Å². The molecule has 1 aliphatic heterocycles. The predicted octanol–water partition coefficient (Wildman–Crippen LogP) is 5.11. The Hall–Kier alpha value is -2.50. The molecule has 5 heteroatoms. The zero-order valence-electron chi connectivity index (χ0n) is 17.5. The Morgan fingerprint density at radius 2 is 1.83 bits per heavy atom. The minimum atomic E-state index is 0.0560. The van der Waals surface area contributed by atoms with Crippen molar-refractivity contribution in [2.45, 2.75) is 26.3 Å².